The Bertz CT molecular complexity index is 463. The van der Waals surface area contributed by atoms with Gasteiger partial charge >= 0.3 is 7.12 Å². The van der Waals surface area contributed by atoms with Gasteiger partial charge in [-0.15, -0.1) is 0 Å². The van der Waals surface area contributed by atoms with Gasteiger partial charge in [0, 0.05) is 12.8 Å². The topological polar surface area (TPSA) is 36.9 Å². The third-order valence-electron chi connectivity index (χ3n) is 6.02. The summed E-state index contributed by atoms with van der Waals surface area (Å²) in [4.78, 5) is 0. The van der Waals surface area contributed by atoms with Gasteiger partial charge in [-0.2, -0.15) is 0 Å². The molecule has 0 N–H and O–H groups in total. The van der Waals surface area contributed by atoms with E-state index >= 15 is 0 Å². The van der Waals surface area contributed by atoms with Crippen molar-refractivity contribution in [3.63, 3.8) is 0 Å². The van der Waals surface area contributed by atoms with Crippen LogP contribution in [0.2, 0.25) is 0 Å². The van der Waals surface area contributed by atoms with E-state index in [-0.39, 0.29) is 24.1 Å². The van der Waals surface area contributed by atoms with E-state index in [2.05, 4.69) is 33.8 Å². The maximum atomic E-state index is 6.18. The molecule has 0 bridgehead atoms. The Morgan fingerprint density at radius 3 is 2.19 bits per heavy atom. The van der Waals surface area contributed by atoms with E-state index in [1.165, 1.54) is 5.47 Å². The number of hydrogen-bond donors (Lipinski definition) is 0. The average molecular weight is 292 g/mol. The molecule has 1 saturated carbocycles. The summed E-state index contributed by atoms with van der Waals surface area (Å²) < 4.78 is 24.1. The highest BCUT2D eigenvalue weighted by atomic mass is 16.7. The zero-order valence-corrected chi connectivity index (χ0v) is 13.5. The summed E-state index contributed by atoms with van der Waals surface area (Å²) in [5, 5.41) is 0. The molecule has 3 fully saturated rings. The lowest BCUT2D eigenvalue weighted by atomic mass is 9.76. The van der Waals surface area contributed by atoms with Gasteiger partial charge in [0.05, 0.1) is 24.4 Å². The average Bonchev–Trinajstić information content (AvgIpc) is 3.06. The van der Waals surface area contributed by atoms with Crippen LogP contribution in [0.15, 0.2) is 11.5 Å². The van der Waals surface area contributed by atoms with Crippen molar-refractivity contribution in [3.8, 4) is 0 Å². The van der Waals surface area contributed by atoms with Crippen LogP contribution in [-0.2, 0) is 18.8 Å². The summed E-state index contributed by atoms with van der Waals surface area (Å²) in [6, 6.07) is 0. The molecular weight excluding hydrogens is 267 g/mol. The third kappa shape index (κ3) is 2.13. The predicted octanol–water partition coefficient (Wildman–Crippen LogP) is 2.72. The molecule has 0 radical (unpaired) electrons. The smallest absolute Gasteiger partial charge is 0.400 e. The van der Waals surface area contributed by atoms with Gasteiger partial charge in [0.15, 0.2) is 5.79 Å². The van der Waals surface area contributed by atoms with Crippen molar-refractivity contribution in [1.29, 1.82) is 0 Å². The zero-order valence-electron chi connectivity index (χ0n) is 13.5. The molecule has 4 rings (SSSR count). The van der Waals surface area contributed by atoms with Crippen LogP contribution >= 0.6 is 0 Å². The minimum Gasteiger partial charge on any atom is -0.400 e. The lowest BCUT2D eigenvalue weighted by Gasteiger charge is -2.32. The van der Waals surface area contributed by atoms with Crippen molar-refractivity contribution in [2.24, 2.45) is 11.8 Å². The van der Waals surface area contributed by atoms with Crippen molar-refractivity contribution in [2.75, 3.05) is 13.2 Å². The van der Waals surface area contributed by atoms with Gasteiger partial charge in [-0.3, -0.25) is 0 Å². The van der Waals surface area contributed by atoms with E-state index < -0.39 is 0 Å². The summed E-state index contributed by atoms with van der Waals surface area (Å²) in [6.07, 6.45) is 5.42. The van der Waals surface area contributed by atoms with Gasteiger partial charge in [0.1, 0.15) is 0 Å². The van der Waals surface area contributed by atoms with Crippen LogP contribution < -0.4 is 0 Å². The lowest BCUT2D eigenvalue weighted by Crippen LogP contribution is -2.41. The van der Waals surface area contributed by atoms with Crippen molar-refractivity contribution >= 4 is 7.12 Å². The first kappa shape index (κ1) is 14.3. The largest absolute Gasteiger partial charge is 0.490 e. The summed E-state index contributed by atoms with van der Waals surface area (Å²) >= 11 is 0. The number of ether oxygens (including phenoxy) is 2. The highest BCUT2D eigenvalue weighted by Gasteiger charge is 2.56. The summed E-state index contributed by atoms with van der Waals surface area (Å²) in [5.41, 5.74) is 0.806. The van der Waals surface area contributed by atoms with Crippen molar-refractivity contribution in [2.45, 2.75) is 63.9 Å². The fourth-order valence-electron chi connectivity index (χ4n) is 4.13. The lowest BCUT2D eigenvalue weighted by molar-refractivity contribution is -0.153. The van der Waals surface area contributed by atoms with Gasteiger partial charge in [0.2, 0.25) is 0 Å². The van der Waals surface area contributed by atoms with Gasteiger partial charge in [-0.1, -0.05) is 6.08 Å². The van der Waals surface area contributed by atoms with Crippen LogP contribution in [-0.4, -0.2) is 37.3 Å². The molecule has 116 valence electrons. The molecule has 2 heterocycles. The molecule has 2 atom stereocenters. The number of hydrogen-bond acceptors (Lipinski definition) is 4. The SMILES string of the molecule is CC1(C)OB(C2=CC3CC4(CC3C2)OCCO4)OC1(C)C. The first-order valence-corrected chi connectivity index (χ1v) is 8.14. The van der Waals surface area contributed by atoms with Crippen LogP contribution in [0.25, 0.3) is 0 Å². The highest BCUT2D eigenvalue weighted by Crippen LogP contribution is 2.52. The van der Waals surface area contributed by atoms with Crippen LogP contribution in [0, 0.1) is 11.8 Å². The van der Waals surface area contributed by atoms with Crippen LogP contribution in [0.5, 0.6) is 0 Å². The van der Waals surface area contributed by atoms with Gasteiger partial charge < -0.3 is 18.8 Å². The molecule has 4 nitrogen and oxygen atoms in total. The number of allylic oxidation sites excluding steroid dienone is 2. The fraction of sp³-hybridized carbons (Fsp3) is 0.875. The second-order valence-corrected chi connectivity index (χ2v) is 7.97. The second-order valence-electron chi connectivity index (χ2n) is 7.97. The molecule has 2 aliphatic carbocycles. The zero-order chi connectivity index (χ0) is 14.9. The van der Waals surface area contributed by atoms with Crippen molar-refractivity contribution in [3.05, 3.63) is 11.5 Å². The van der Waals surface area contributed by atoms with E-state index in [0.717, 1.165) is 32.5 Å². The molecule has 0 aromatic rings. The quantitative estimate of drug-likeness (QED) is 0.696. The monoisotopic (exact) mass is 292 g/mol. The predicted molar refractivity (Wildman–Crippen MR) is 79.6 cm³/mol. The molecule has 4 aliphatic rings. The molecule has 0 aromatic carbocycles. The first-order valence-electron chi connectivity index (χ1n) is 8.14. The fourth-order valence-corrected chi connectivity index (χ4v) is 4.13. The Kier molecular flexibility index (Phi) is 2.95. The second kappa shape index (κ2) is 4.35. The molecule has 2 saturated heterocycles. The Hall–Kier alpha value is -0.355. The summed E-state index contributed by atoms with van der Waals surface area (Å²) in [6.45, 7) is 9.93. The summed E-state index contributed by atoms with van der Waals surface area (Å²) in [5.74, 6) is 0.891. The van der Waals surface area contributed by atoms with Crippen LogP contribution in [0.3, 0.4) is 0 Å². The Balaban J connectivity index is 1.48. The Labute approximate surface area is 127 Å². The third-order valence-corrected chi connectivity index (χ3v) is 6.02. The number of rotatable bonds is 1. The molecular formula is C16H25BO4. The number of fused-ring (bicyclic) bond motifs is 1. The van der Waals surface area contributed by atoms with Crippen LogP contribution in [0.1, 0.15) is 47.0 Å². The molecule has 0 aromatic heterocycles. The Morgan fingerprint density at radius 1 is 1.00 bits per heavy atom. The van der Waals surface area contributed by atoms with Crippen LogP contribution in [0.4, 0.5) is 0 Å². The Morgan fingerprint density at radius 2 is 1.62 bits per heavy atom. The minimum absolute atomic E-state index is 0.179. The van der Waals surface area contributed by atoms with Crippen molar-refractivity contribution < 1.29 is 18.8 Å². The van der Waals surface area contributed by atoms with Gasteiger partial charge in [-0.25, -0.2) is 0 Å². The van der Waals surface area contributed by atoms with Crippen molar-refractivity contribution in [1.82, 2.24) is 0 Å². The normalized spacial score (nSPS) is 39.0. The van der Waals surface area contributed by atoms with E-state index in [4.69, 9.17) is 18.8 Å². The molecule has 5 heteroatoms. The molecule has 2 aliphatic heterocycles. The highest BCUT2D eigenvalue weighted by molar-refractivity contribution is 6.54. The minimum atomic E-state index is -0.284. The summed E-state index contributed by atoms with van der Waals surface area (Å²) in [7, 11) is -0.179. The van der Waals surface area contributed by atoms with E-state index in [1.54, 1.807) is 0 Å². The van der Waals surface area contributed by atoms with Gasteiger partial charge in [0.25, 0.3) is 0 Å². The molecule has 21 heavy (non-hydrogen) atoms. The molecule has 0 amide bonds. The maximum absolute atomic E-state index is 6.18. The molecule has 1 spiro atoms. The van der Waals surface area contributed by atoms with E-state index in [9.17, 15) is 0 Å². The van der Waals surface area contributed by atoms with E-state index in [0.29, 0.717) is 11.8 Å². The maximum Gasteiger partial charge on any atom is 0.490 e. The molecule has 2 unspecified atom stereocenters. The van der Waals surface area contributed by atoms with Gasteiger partial charge in [-0.05, 0) is 51.4 Å². The van der Waals surface area contributed by atoms with E-state index in [1.807, 2.05) is 0 Å². The first-order chi connectivity index (χ1) is 9.80. The standard InChI is InChI=1S/C16H25BO4/c1-14(2)15(3,4)21-17(20-14)13-7-11-9-16(10-12(11)8-13)18-5-6-19-16/h7,11-12H,5-6,8-10H2,1-4H3.